The zero-order chi connectivity index (χ0) is 13.6. The summed E-state index contributed by atoms with van der Waals surface area (Å²) >= 11 is 6.12. The van der Waals surface area contributed by atoms with E-state index in [-0.39, 0.29) is 0 Å². The minimum absolute atomic E-state index is 0.364. The van der Waals surface area contributed by atoms with Gasteiger partial charge in [0.15, 0.2) is 16.6 Å². The molecule has 0 saturated heterocycles. The fraction of sp³-hybridized carbons (Fsp3) is 0.308. The van der Waals surface area contributed by atoms with E-state index in [2.05, 4.69) is 15.2 Å². The van der Waals surface area contributed by atoms with Gasteiger partial charge in [0.25, 0.3) is 0 Å². The number of halogens is 1. The van der Waals surface area contributed by atoms with Crippen LogP contribution in [0.15, 0.2) is 16.7 Å². The second-order valence-electron chi connectivity index (χ2n) is 4.37. The van der Waals surface area contributed by atoms with Gasteiger partial charge in [-0.3, -0.25) is 4.40 Å². The van der Waals surface area contributed by atoms with Gasteiger partial charge < -0.3 is 4.42 Å². The van der Waals surface area contributed by atoms with Crippen molar-refractivity contribution < 1.29 is 4.42 Å². The van der Waals surface area contributed by atoms with Crippen LogP contribution in [0.1, 0.15) is 24.1 Å². The maximum Gasteiger partial charge on any atom is 0.199 e. The molecule has 3 aromatic rings. The molecule has 0 amide bonds. The molecule has 5 nitrogen and oxygen atoms in total. The number of fused-ring (bicyclic) bond motifs is 1. The molecule has 3 aromatic heterocycles. The molecule has 0 aliphatic heterocycles. The lowest BCUT2D eigenvalue weighted by molar-refractivity contribution is 0.517. The number of hydrogen-bond donors (Lipinski definition) is 0. The third-order valence-corrected chi connectivity index (χ3v) is 3.53. The van der Waals surface area contributed by atoms with Crippen LogP contribution in [0.2, 0.25) is 5.15 Å². The molecule has 0 aliphatic carbocycles. The Morgan fingerprint density at radius 3 is 2.84 bits per heavy atom. The van der Waals surface area contributed by atoms with Gasteiger partial charge in [-0.25, -0.2) is 4.98 Å². The molecule has 0 unspecified atom stereocenters. The highest BCUT2D eigenvalue weighted by molar-refractivity contribution is 6.32. The largest absolute Gasteiger partial charge is 0.469 e. The molecule has 0 N–H and O–H groups in total. The highest BCUT2D eigenvalue weighted by Crippen LogP contribution is 2.27. The van der Waals surface area contributed by atoms with E-state index in [0.29, 0.717) is 10.8 Å². The summed E-state index contributed by atoms with van der Waals surface area (Å²) in [6.45, 7) is 5.93. The van der Waals surface area contributed by atoms with Crippen molar-refractivity contribution in [1.29, 1.82) is 0 Å². The van der Waals surface area contributed by atoms with Gasteiger partial charge in [0.2, 0.25) is 0 Å². The molecule has 0 spiro atoms. The Balaban J connectivity index is 2.37. The summed E-state index contributed by atoms with van der Waals surface area (Å²) in [5.41, 5.74) is 3.35. The minimum Gasteiger partial charge on any atom is -0.469 e. The van der Waals surface area contributed by atoms with Crippen molar-refractivity contribution in [2.75, 3.05) is 0 Å². The summed E-state index contributed by atoms with van der Waals surface area (Å²) in [6, 6.07) is 1.90. The minimum atomic E-state index is 0.364. The molecule has 0 atom stereocenters. The average Bonchev–Trinajstić information content (AvgIpc) is 3.01. The first-order valence-corrected chi connectivity index (χ1v) is 6.45. The molecule has 0 aliphatic rings. The summed E-state index contributed by atoms with van der Waals surface area (Å²) in [5, 5.41) is 8.73. The second-order valence-corrected chi connectivity index (χ2v) is 4.73. The quantitative estimate of drug-likeness (QED) is 0.721. The predicted molar refractivity (Wildman–Crippen MR) is 72.3 cm³/mol. The Hall–Kier alpha value is -1.88. The zero-order valence-electron chi connectivity index (χ0n) is 10.9. The second kappa shape index (κ2) is 4.35. The van der Waals surface area contributed by atoms with Gasteiger partial charge in [-0.15, -0.1) is 10.2 Å². The van der Waals surface area contributed by atoms with Crippen LogP contribution in [0.3, 0.4) is 0 Å². The Morgan fingerprint density at radius 1 is 1.32 bits per heavy atom. The topological polar surface area (TPSA) is 56.2 Å². The molecule has 0 bridgehead atoms. The number of hydrogen-bond acceptors (Lipinski definition) is 4. The zero-order valence-corrected chi connectivity index (χ0v) is 11.7. The first-order chi connectivity index (χ1) is 9.13. The van der Waals surface area contributed by atoms with E-state index in [4.69, 9.17) is 16.0 Å². The lowest BCUT2D eigenvalue weighted by Gasteiger charge is -2.06. The van der Waals surface area contributed by atoms with Gasteiger partial charge in [0, 0.05) is 12.1 Å². The summed E-state index contributed by atoms with van der Waals surface area (Å²) in [6.07, 6.45) is 2.47. The Morgan fingerprint density at radius 2 is 2.11 bits per heavy atom. The Bertz CT molecular complexity index is 759. The maximum absolute atomic E-state index is 6.12. The van der Waals surface area contributed by atoms with E-state index >= 15 is 0 Å². The molecule has 98 valence electrons. The standard InChI is InChI=1S/C13H13ClN4O/c1-4-10-9(5-6-19-10)12-16-17-13-11(14)15-7(2)8(3)18(12)13/h5-6H,4H2,1-3H3. The van der Waals surface area contributed by atoms with E-state index in [1.807, 2.05) is 31.2 Å². The summed E-state index contributed by atoms with van der Waals surface area (Å²) in [7, 11) is 0. The monoisotopic (exact) mass is 276 g/mol. The number of furan rings is 1. The number of aryl methyl sites for hydroxylation is 3. The highest BCUT2D eigenvalue weighted by atomic mass is 35.5. The van der Waals surface area contributed by atoms with Gasteiger partial charge >= 0.3 is 0 Å². The van der Waals surface area contributed by atoms with Crippen LogP contribution < -0.4 is 0 Å². The normalized spacial score (nSPS) is 11.4. The molecule has 0 saturated carbocycles. The number of rotatable bonds is 2. The van der Waals surface area contributed by atoms with Crippen molar-refractivity contribution in [2.24, 2.45) is 0 Å². The molecule has 19 heavy (non-hydrogen) atoms. The fourth-order valence-electron chi connectivity index (χ4n) is 2.16. The summed E-state index contributed by atoms with van der Waals surface area (Å²) in [5.74, 6) is 1.63. The van der Waals surface area contributed by atoms with Crippen molar-refractivity contribution in [3.05, 3.63) is 34.6 Å². The molecule has 3 rings (SSSR count). The first kappa shape index (κ1) is 12.2. The molecule has 0 aromatic carbocycles. The predicted octanol–water partition coefficient (Wildman–Crippen LogP) is 3.22. The van der Waals surface area contributed by atoms with E-state index in [1.165, 1.54) is 0 Å². The molecular formula is C13H13ClN4O. The van der Waals surface area contributed by atoms with E-state index < -0.39 is 0 Å². The van der Waals surface area contributed by atoms with Crippen LogP contribution in [0.5, 0.6) is 0 Å². The number of nitrogens with zero attached hydrogens (tertiary/aromatic N) is 4. The average molecular weight is 277 g/mol. The maximum atomic E-state index is 6.12. The molecular weight excluding hydrogens is 264 g/mol. The Labute approximate surface area is 115 Å². The van der Waals surface area contributed by atoms with E-state index in [1.54, 1.807) is 6.26 Å². The van der Waals surface area contributed by atoms with Crippen molar-refractivity contribution in [2.45, 2.75) is 27.2 Å². The van der Waals surface area contributed by atoms with Crippen LogP contribution >= 0.6 is 11.6 Å². The van der Waals surface area contributed by atoms with Gasteiger partial charge in [0.1, 0.15) is 5.76 Å². The van der Waals surface area contributed by atoms with Gasteiger partial charge in [-0.05, 0) is 19.9 Å². The van der Waals surface area contributed by atoms with Crippen LogP contribution in [0.4, 0.5) is 0 Å². The third kappa shape index (κ3) is 1.73. The Kier molecular flexibility index (Phi) is 2.78. The first-order valence-electron chi connectivity index (χ1n) is 6.08. The van der Waals surface area contributed by atoms with Crippen molar-refractivity contribution in [3.8, 4) is 11.4 Å². The van der Waals surface area contributed by atoms with Gasteiger partial charge in [-0.2, -0.15) is 0 Å². The molecule has 0 fully saturated rings. The van der Waals surface area contributed by atoms with E-state index in [9.17, 15) is 0 Å². The molecule has 3 heterocycles. The van der Waals surface area contributed by atoms with Crippen LogP contribution in [0, 0.1) is 13.8 Å². The molecule has 6 heteroatoms. The third-order valence-electron chi connectivity index (χ3n) is 3.28. The van der Waals surface area contributed by atoms with Crippen LogP contribution in [-0.2, 0) is 6.42 Å². The SMILES string of the molecule is CCc1occc1-c1nnc2c(Cl)nc(C)c(C)n12. The fourth-order valence-corrected chi connectivity index (χ4v) is 2.41. The van der Waals surface area contributed by atoms with Crippen LogP contribution in [-0.4, -0.2) is 19.6 Å². The highest BCUT2D eigenvalue weighted by Gasteiger charge is 2.18. The molecule has 0 radical (unpaired) electrons. The van der Waals surface area contributed by atoms with Crippen molar-refractivity contribution >= 4 is 17.2 Å². The number of aromatic nitrogens is 4. The van der Waals surface area contributed by atoms with Crippen molar-refractivity contribution in [3.63, 3.8) is 0 Å². The summed E-state index contributed by atoms with van der Waals surface area (Å²) < 4.78 is 7.38. The van der Waals surface area contributed by atoms with Crippen LogP contribution in [0.25, 0.3) is 17.0 Å². The van der Waals surface area contributed by atoms with E-state index in [0.717, 1.165) is 35.0 Å². The van der Waals surface area contributed by atoms with Gasteiger partial charge in [0.05, 0.1) is 17.5 Å². The van der Waals surface area contributed by atoms with Gasteiger partial charge in [-0.1, -0.05) is 18.5 Å². The van der Waals surface area contributed by atoms with Crippen molar-refractivity contribution in [1.82, 2.24) is 19.6 Å². The smallest absolute Gasteiger partial charge is 0.199 e. The lowest BCUT2D eigenvalue weighted by atomic mass is 10.2. The lowest BCUT2D eigenvalue weighted by Crippen LogP contribution is -2.01. The summed E-state index contributed by atoms with van der Waals surface area (Å²) in [4.78, 5) is 4.26.